The largest absolute Gasteiger partial charge is 0.449 e. The fourth-order valence-corrected chi connectivity index (χ4v) is 2.56. The molecule has 1 N–H and O–H groups in total. The first-order chi connectivity index (χ1) is 10.3. The molecule has 0 aliphatic heterocycles. The first-order valence-corrected chi connectivity index (χ1v) is 6.89. The van der Waals surface area contributed by atoms with Gasteiger partial charge in [-0.2, -0.15) is 18.3 Å². The number of halogens is 4. The molecule has 0 radical (unpaired) electrons. The highest BCUT2D eigenvalue weighted by Crippen LogP contribution is 2.29. The second kappa shape index (κ2) is 5.06. The second-order valence-corrected chi connectivity index (χ2v) is 5.41. The van der Waals surface area contributed by atoms with Gasteiger partial charge in [-0.05, 0) is 31.2 Å². The molecule has 0 spiro atoms. The van der Waals surface area contributed by atoms with Crippen molar-refractivity contribution in [1.29, 1.82) is 0 Å². The number of hydrogen-bond acceptors (Lipinski definition) is 3. The second-order valence-electron chi connectivity index (χ2n) is 4.59. The molecular weight excluding hydrogens is 337 g/mol. The van der Waals surface area contributed by atoms with Crippen LogP contribution >= 0.6 is 23.8 Å². The lowest BCUT2D eigenvalue weighted by Gasteiger charge is -2.08. The monoisotopic (exact) mass is 344 g/mol. The highest BCUT2D eigenvalue weighted by atomic mass is 35.5. The SMILES string of the molecule is Cc1nn(-c2ccc(Cl)cc2)c2[nH]c(C(F)(F)F)nc(=S)c12. The van der Waals surface area contributed by atoms with E-state index in [4.69, 9.17) is 23.8 Å². The van der Waals surface area contributed by atoms with Gasteiger partial charge in [0, 0.05) is 5.02 Å². The van der Waals surface area contributed by atoms with E-state index in [0.29, 0.717) is 21.8 Å². The average molecular weight is 345 g/mol. The van der Waals surface area contributed by atoms with Crippen LogP contribution < -0.4 is 0 Å². The molecule has 2 heterocycles. The summed E-state index contributed by atoms with van der Waals surface area (Å²) in [5.74, 6) is -1.15. The first kappa shape index (κ1) is 15.0. The molecule has 3 aromatic rings. The third kappa shape index (κ3) is 2.48. The van der Waals surface area contributed by atoms with Crippen molar-refractivity contribution in [2.75, 3.05) is 0 Å². The van der Waals surface area contributed by atoms with Gasteiger partial charge in [0.2, 0.25) is 5.82 Å². The summed E-state index contributed by atoms with van der Waals surface area (Å²) in [6, 6.07) is 6.55. The normalized spacial score (nSPS) is 12.0. The van der Waals surface area contributed by atoms with Crippen LogP contribution in [0.5, 0.6) is 0 Å². The quantitative estimate of drug-likeness (QED) is 0.663. The van der Waals surface area contributed by atoms with E-state index in [-0.39, 0.29) is 10.3 Å². The smallest absolute Gasteiger partial charge is 0.320 e. The van der Waals surface area contributed by atoms with E-state index < -0.39 is 12.0 Å². The number of benzene rings is 1. The average Bonchev–Trinajstić information content (AvgIpc) is 2.76. The Labute approximate surface area is 132 Å². The molecule has 0 aliphatic carbocycles. The number of aromatic nitrogens is 4. The van der Waals surface area contributed by atoms with Crippen molar-refractivity contribution in [3.63, 3.8) is 0 Å². The maximum absolute atomic E-state index is 12.9. The Hall–Kier alpha value is -1.93. The summed E-state index contributed by atoms with van der Waals surface area (Å²) < 4.78 is 39.9. The molecule has 9 heteroatoms. The van der Waals surface area contributed by atoms with Crippen LogP contribution in [0.25, 0.3) is 16.7 Å². The summed E-state index contributed by atoms with van der Waals surface area (Å²) in [5, 5.41) is 5.15. The van der Waals surface area contributed by atoms with Gasteiger partial charge in [0.25, 0.3) is 0 Å². The Morgan fingerprint density at radius 1 is 1.23 bits per heavy atom. The van der Waals surface area contributed by atoms with Gasteiger partial charge in [-0.3, -0.25) is 0 Å². The minimum Gasteiger partial charge on any atom is -0.320 e. The minimum absolute atomic E-state index is 0.140. The Bertz CT molecular complexity index is 912. The standard InChI is InChI=1S/C13H8ClF3N4S/c1-6-9-10(18-12(13(15,16)17)19-11(9)22)21(20-6)8-4-2-7(14)3-5-8/h2-5H,1H3,(H,18,19,22). The number of rotatable bonds is 1. The van der Waals surface area contributed by atoms with Crippen molar-refractivity contribution in [3.8, 4) is 5.69 Å². The highest BCUT2D eigenvalue weighted by molar-refractivity contribution is 7.71. The molecule has 2 aromatic heterocycles. The predicted octanol–water partition coefficient (Wildman–Crippen LogP) is 4.46. The lowest BCUT2D eigenvalue weighted by Crippen LogP contribution is -2.12. The minimum atomic E-state index is -4.62. The molecule has 0 amide bonds. The summed E-state index contributed by atoms with van der Waals surface area (Å²) in [6.07, 6.45) is -4.62. The number of nitrogens with zero attached hydrogens (tertiary/aromatic N) is 3. The van der Waals surface area contributed by atoms with E-state index in [1.165, 1.54) is 4.68 Å². The Balaban J connectivity index is 2.34. The van der Waals surface area contributed by atoms with E-state index in [9.17, 15) is 13.2 Å². The van der Waals surface area contributed by atoms with Crippen LogP contribution in [-0.2, 0) is 6.18 Å². The highest BCUT2D eigenvalue weighted by Gasteiger charge is 2.34. The molecule has 0 atom stereocenters. The zero-order valence-corrected chi connectivity index (χ0v) is 12.6. The van der Waals surface area contributed by atoms with Gasteiger partial charge in [-0.1, -0.05) is 23.8 Å². The van der Waals surface area contributed by atoms with E-state index in [1.54, 1.807) is 31.2 Å². The zero-order valence-electron chi connectivity index (χ0n) is 11.1. The molecule has 114 valence electrons. The van der Waals surface area contributed by atoms with Gasteiger partial charge in [0.15, 0.2) is 0 Å². The maximum atomic E-state index is 12.9. The molecule has 0 unspecified atom stereocenters. The van der Waals surface area contributed by atoms with Crippen LogP contribution in [-0.4, -0.2) is 19.7 Å². The van der Waals surface area contributed by atoms with E-state index in [2.05, 4.69) is 15.1 Å². The van der Waals surface area contributed by atoms with Crippen molar-refractivity contribution in [1.82, 2.24) is 19.7 Å². The molecule has 0 saturated carbocycles. The zero-order chi connectivity index (χ0) is 16.1. The third-order valence-corrected chi connectivity index (χ3v) is 3.61. The van der Waals surface area contributed by atoms with Crippen LogP contribution in [0.15, 0.2) is 24.3 Å². The molecule has 0 saturated heterocycles. The Morgan fingerprint density at radius 3 is 2.45 bits per heavy atom. The number of nitrogens with one attached hydrogen (secondary N) is 1. The van der Waals surface area contributed by atoms with Gasteiger partial charge >= 0.3 is 6.18 Å². The number of hydrogen-bond donors (Lipinski definition) is 1. The summed E-state index contributed by atoms with van der Waals surface area (Å²) in [4.78, 5) is 5.69. The van der Waals surface area contributed by atoms with Crippen LogP contribution in [0.1, 0.15) is 11.5 Å². The summed E-state index contributed by atoms with van der Waals surface area (Å²) >= 11 is 10.8. The van der Waals surface area contributed by atoms with Crippen LogP contribution in [0.3, 0.4) is 0 Å². The lowest BCUT2D eigenvalue weighted by atomic mass is 10.3. The van der Waals surface area contributed by atoms with E-state index in [1.807, 2.05) is 0 Å². The number of fused-ring (bicyclic) bond motifs is 1. The van der Waals surface area contributed by atoms with Crippen molar-refractivity contribution in [2.24, 2.45) is 0 Å². The van der Waals surface area contributed by atoms with Crippen LogP contribution in [0.4, 0.5) is 13.2 Å². The molecule has 3 rings (SSSR count). The van der Waals surface area contributed by atoms with E-state index >= 15 is 0 Å². The van der Waals surface area contributed by atoms with Crippen molar-refractivity contribution < 1.29 is 13.2 Å². The molecule has 1 aromatic carbocycles. The number of H-pyrrole nitrogens is 1. The number of aromatic amines is 1. The topological polar surface area (TPSA) is 46.5 Å². The molecule has 0 aliphatic rings. The summed E-state index contributed by atoms with van der Waals surface area (Å²) in [6.45, 7) is 1.66. The molecule has 4 nitrogen and oxygen atoms in total. The van der Waals surface area contributed by atoms with Crippen molar-refractivity contribution in [3.05, 3.63) is 45.4 Å². The van der Waals surface area contributed by atoms with Gasteiger partial charge < -0.3 is 4.98 Å². The van der Waals surface area contributed by atoms with Gasteiger partial charge in [0.1, 0.15) is 10.3 Å². The van der Waals surface area contributed by atoms with Crippen LogP contribution in [0.2, 0.25) is 5.02 Å². The Morgan fingerprint density at radius 2 is 1.86 bits per heavy atom. The van der Waals surface area contributed by atoms with Crippen molar-refractivity contribution in [2.45, 2.75) is 13.1 Å². The molecule has 22 heavy (non-hydrogen) atoms. The van der Waals surface area contributed by atoms with Gasteiger partial charge in [-0.25, -0.2) is 9.67 Å². The van der Waals surface area contributed by atoms with Gasteiger partial charge in [0.05, 0.1) is 16.8 Å². The third-order valence-electron chi connectivity index (χ3n) is 3.06. The number of aryl methyl sites for hydroxylation is 1. The Kier molecular flexibility index (Phi) is 3.45. The van der Waals surface area contributed by atoms with Crippen LogP contribution in [0, 0.1) is 11.6 Å². The predicted molar refractivity (Wildman–Crippen MR) is 78.8 cm³/mol. The van der Waals surface area contributed by atoms with E-state index in [0.717, 1.165) is 0 Å². The molecular formula is C13H8ClF3N4S. The lowest BCUT2D eigenvalue weighted by molar-refractivity contribution is -0.144. The summed E-state index contributed by atoms with van der Waals surface area (Å²) in [5.41, 5.74) is 1.20. The number of alkyl halides is 3. The fourth-order valence-electron chi connectivity index (χ4n) is 2.10. The maximum Gasteiger partial charge on any atom is 0.449 e. The van der Waals surface area contributed by atoms with Crippen molar-refractivity contribution >= 4 is 34.9 Å². The first-order valence-electron chi connectivity index (χ1n) is 6.10. The molecule has 0 fully saturated rings. The van der Waals surface area contributed by atoms with Gasteiger partial charge in [-0.15, -0.1) is 0 Å². The fraction of sp³-hybridized carbons (Fsp3) is 0.154. The summed E-state index contributed by atoms with van der Waals surface area (Å²) in [7, 11) is 0. The molecule has 0 bridgehead atoms.